The van der Waals surface area contributed by atoms with Gasteiger partial charge in [0.2, 0.25) is 10.0 Å². The lowest BCUT2D eigenvalue weighted by molar-refractivity contribution is 0.146. The van der Waals surface area contributed by atoms with Crippen molar-refractivity contribution < 1.29 is 13.2 Å². The van der Waals surface area contributed by atoms with Gasteiger partial charge >= 0.3 is 0 Å². The summed E-state index contributed by atoms with van der Waals surface area (Å²) in [5, 5.41) is 0. The zero-order valence-electron chi connectivity index (χ0n) is 11.7. The molecule has 0 aromatic heterocycles. The van der Waals surface area contributed by atoms with Crippen LogP contribution in [-0.4, -0.2) is 39.7 Å². The van der Waals surface area contributed by atoms with Gasteiger partial charge in [-0.25, -0.2) is 13.1 Å². The molecule has 5 nitrogen and oxygen atoms in total. The average molecular weight is 318 g/mol. The van der Waals surface area contributed by atoms with Crippen molar-refractivity contribution in [1.29, 1.82) is 0 Å². The molecule has 0 aliphatic rings. The number of hydrogen-bond donors (Lipinski definition) is 2. The Morgan fingerprint density at radius 2 is 2.20 bits per heavy atom. The first-order valence-electron chi connectivity index (χ1n) is 6.57. The van der Waals surface area contributed by atoms with Gasteiger partial charge in [0.05, 0.1) is 5.75 Å². The van der Waals surface area contributed by atoms with E-state index in [4.69, 9.17) is 10.5 Å². The first kappa shape index (κ1) is 17.3. The first-order valence-corrected chi connectivity index (χ1v) is 9.20. The van der Waals surface area contributed by atoms with E-state index in [1.165, 1.54) is 11.8 Å². The number of nitrogens with two attached hydrogens (primary N) is 1. The van der Waals surface area contributed by atoms with Gasteiger partial charge in [-0.05, 0) is 31.5 Å². The van der Waals surface area contributed by atoms with Gasteiger partial charge in [-0.3, -0.25) is 0 Å². The van der Waals surface area contributed by atoms with Gasteiger partial charge in [-0.1, -0.05) is 6.07 Å². The van der Waals surface area contributed by atoms with Gasteiger partial charge in [0.1, 0.15) is 0 Å². The number of rotatable bonds is 10. The fourth-order valence-corrected chi connectivity index (χ4v) is 3.93. The zero-order valence-corrected chi connectivity index (χ0v) is 13.3. The van der Waals surface area contributed by atoms with Gasteiger partial charge in [-0.2, -0.15) is 0 Å². The van der Waals surface area contributed by atoms with E-state index in [-0.39, 0.29) is 5.75 Å². The van der Waals surface area contributed by atoms with Crippen LogP contribution in [-0.2, 0) is 14.8 Å². The summed E-state index contributed by atoms with van der Waals surface area (Å²) in [5.74, 6) is 0.603. The second-order valence-electron chi connectivity index (χ2n) is 4.18. The van der Waals surface area contributed by atoms with E-state index in [9.17, 15) is 8.42 Å². The molecule has 7 heteroatoms. The van der Waals surface area contributed by atoms with Crippen molar-refractivity contribution in [1.82, 2.24) is 4.72 Å². The van der Waals surface area contributed by atoms with Crippen LogP contribution < -0.4 is 10.5 Å². The first-order chi connectivity index (χ1) is 9.53. The summed E-state index contributed by atoms with van der Waals surface area (Å²) < 4.78 is 31.2. The maximum Gasteiger partial charge on any atom is 0.212 e. The molecule has 0 saturated heterocycles. The number of ether oxygens (including phenoxy) is 1. The maximum absolute atomic E-state index is 11.7. The van der Waals surface area contributed by atoms with Crippen LogP contribution in [0.1, 0.15) is 13.3 Å². The van der Waals surface area contributed by atoms with Crippen molar-refractivity contribution in [2.24, 2.45) is 0 Å². The molecular formula is C13H22N2O3S2. The highest BCUT2D eigenvalue weighted by Crippen LogP contribution is 2.20. The van der Waals surface area contributed by atoms with Crippen molar-refractivity contribution in [2.45, 2.75) is 18.2 Å². The van der Waals surface area contributed by atoms with Gasteiger partial charge < -0.3 is 10.5 Å². The van der Waals surface area contributed by atoms with Crippen molar-refractivity contribution in [3.05, 3.63) is 24.3 Å². The largest absolute Gasteiger partial charge is 0.399 e. The Hall–Kier alpha value is -0.760. The smallest absolute Gasteiger partial charge is 0.212 e. The lowest BCUT2D eigenvalue weighted by atomic mass is 10.3. The number of sulfonamides is 1. The Morgan fingerprint density at radius 1 is 1.40 bits per heavy atom. The van der Waals surface area contributed by atoms with Crippen LogP contribution in [0.2, 0.25) is 0 Å². The van der Waals surface area contributed by atoms with Crippen LogP contribution in [0.5, 0.6) is 0 Å². The highest BCUT2D eigenvalue weighted by Gasteiger charge is 2.09. The molecule has 0 unspecified atom stereocenters. The normalized spacial score (nSPS) is 11.7. The molecule has 0 spiro atoms. The summed E-state index contributed by atoms with van der Waals surface area (Å²) >= 11 is 1.48. The molecule has 0 aliphatic carbocycles. The quantitative estimate of drug-likeness (QED) is 0.390. The molecule has 20 heavy (non-hydrogen) atoms. The van der Waals surface area contributed by atoms with Crippen molar-refractivity contribution in [3.8, 4) is 0 Å². The molecule has 1 aromatic carbocycles. The summed E-state index contributed by atoms with van der Waals surface area (Å²) in [4.78, 5) is 0.983. The molecule has 3 N–H and O–H groups in total. The van der Waals surface area contributed by atoms with Crippen LogP contribution in [0.3, 0.4) is 0 Å². The number of hydrogen-bond acceptors (Lipinski definition) is 5. The Labute approximate surface area is 125 Å². The standard InChI is InChI=1S/C13H22N2O3S2/c1-2-18-8-4-7-15-20(16,17)10-9-19-13-6-3-5-12(14)11-13/h3,5-6,11,15H,2,4,7-10,14H2,1H3. The molecule has 0 fully saturated rings. The lowest BCUT2D eigenvalue weighted by Crippen LogP contribution is -2.28. The Kier molecular flexibility index (Phi) is 7.98. The van der Waals surface area contributed by atoms with Crippen LogP contribution in [0.15, 0.2) is 29.2 Å². The van der Waals surface area contributed by atoms with Gasteiger partial charge in [0.25, 0.3) is 0 Å². The molecule has 0 atom stereocenters. The molecule has 0 saturated carbocycles. The molecule has 0 radical (unpaired) electrons. The summed E-state index contributed by atoms with van der Waals surface area (Å²) in [6.45, 7) is 3.57. The number of thioether (sulfide) groups is 1. The van der Waals surface area contributed by atoms with Crippen LogP contribution in [0.25, 0.3) is 0 Å². The van der Waals surface area contributed by atoms with E-state index >= 15 is 0 Å². The molecule has 0 aliphatic heterocycles. The van der Waals surface area contributed by atoms with Crippen LogP contribution >= 0.6 is 11.8 Å². The Balaban J connectivity index is 2.22. The highest BCUT2D eigenvalue weighted by molar-refractivity contribution is 8.00. The minimum atomic E-state index is -3.21. The molecule has 0 bridgehead atoms. The molecule has 0 amide bonds. The van der Waals surface area contributed by atoms with E-state index in [1.807, 2.05) is 25.1 Å². The van der Waals surface area contributed by atoms with E-state index in [2.05, 4.69) is 4.72 Å². The SMILES string of the molecule is CCOCCCNS(=O)(=O)CCSc1cccc(N)c1. The Bertz CT molecular complexity index is 492. The van der Waals surface area contributed by atoms with Gasteiger partial charge in [0.15, 0.2) is 0 Å². The van der Waals surface area contributed by atoms with Gasteiger partial charge in [0, 0.05) is 36.1 Å². The minimum Gasteiger partial charge on any atom is -0.399 e. The minimum absolute atomic E-state index is 0.0983. The number of benzene rings is 1. The van der Waals surface area contributed by atoms with E-state index in [0.717, 1.165) is 4.90 Å². The Morgan fingerprint density at radius 3 is 2.90 bits per heavy atom. The third-order valence-corrected chi connectivity index (χ3v) is 5.11. The second-order valence-corrected chi connectivity index (χ2v) is 7.28. The van der Waals surface area contributed by atoms with Gasteiger partial charge in [-0.15, -0.1) is 11.8 Å². The summed E-state index contributed by atoms with van der Waals surface area (Å²) in [6, 6.07) is 7.43. The zero-order chi connectivity index (χ0) is 14.8. The summed E-state index contributed by atoms with van der Waals surface area (Å²) in [7, 11) is -3.21. The van der Waals surface area contributed by atoms with E-state index in [0.29, 0.717) is 37.6 Å². The maximum atomic E-state index is 11.7. The van der Waals surface area contributed by atoms with E-state index < -0.39 is 10.0 Å². The summed E-state index contributed by atoms with van der Waals surface area (Å²) in [5.41, 5.74) is 6.35. The lowest BCUT2D eigenvalue weighted by Gasteiger charge is -2.07. The number of anilines is 1. The van der Waals surface area contributed by atoms with Crippen molar-refractivity contribution in [3.63, 3.8) is 0 Å². The fraction of sp³-hybridized carbons (Fsp3) is 0.538. The third-order valence-electron chi connectivity index (χ3n) is 2.47. The van der Waals surface area contributed by atoms with Crippen molar-refractivity contribution >= 4 is 27.5 Å². The predicted molar refractivity (Wildman–Crippen MR) is 84.5 cm³/mol. The summed E-state index contributed by atoms with van der Waals surface area (Å²) in [6.07, 6.45) is 0.690. The number of nitrogens with one attached hydrogen (secondary N) is 1. The number of nitrogen functional groups attached to an aromatic ring is 1. The molecule has 1 aromatic rings. The monoisotopic (exact) mass is 318 g/mol. The van der Waals surface area contributed by atoms with E-state index in [1.54, 1.807) is 6.07 Å². The van der Waals surface area contributed by atoms with Crippen LogP contribution in [0, 0.1) is 0 Å². The second kappa shape index (κ2) is 9.23. The van der Waals surface area contributed by atoms with Crippen LogP contribution in [0.4, 0.5) is 5.69 Å². The fourth-order valence-electron chi connectivity index (χ4n) is 1.49. The van der Waals surface area contributed by atoms with Crippen molar-refractivity contribution in [2.75, 3.05) is 37.0 Å². The topological polar surface area (TPSA) is 81.4 Å². The average Bonchev–Trinajstić information content (AvgIpc) is 2.38. The molecule has 114 valence electrons. The predicted octanol–water partition coefficient (Wildman–Crippen LogP) is 1.71. The molecule has 1 rings (SSSR count). The third kappa shape index (κ3) is 7.74. The molecular weight excluding hydrogens is 296 g/mol. The molecule has 0 heterocycles. The highest BCUT2D eigenvalue weighted by atomic mass is 32.2.